The molecule has 8 nitrogen and oxygen atoms in total. The molecule has 1 aliphatic carbocycles. The van der Waals surface area contributed by atoms with Crippen LogP contribution in [0.4, 0.5) is 0 Å². The summed E-state index contributed by atoms with van der Waals surface area (Å²) in [6.45, 7) is 0.745. The summed E-state index contributed by atoms with van der Waals surface area (Å²) in [5.74, 6) is -1.40. The number of hydrogen-bond acceptors (Lipinski definition) is 7. The van der Waals surface area contributed by atoms with Gasteiger partial charge in [0.15, 0.2) is 5.78 Å². The molecule has 4 rings (SSSR count). The van der Waals surface area contributed by atoms with Crippen molar-refractivity contribution in [3.63, 3.8) is 0 Å². The predicted octanol–water partition coefficient (Wildman–Crippen LogP) is 3.54. The Morgan fingerprint density at radius 2 is 1.86 bits per heavy atom. The van der Waals surface area contributed by atoms with Crippen molar-refractivity contribution >= 4 is 17.3 Å². The van der Waals surface area contributed by atoms with Gasteiger partial charge < -0.3 is 19.9 Å². The Labute approximate surface area is 215 Å². The van der Waals surface area contributed by atoms with Crippen molar-refractivity contribution in [3.8, 4) is 22.7 Å². The lowest BCUT2D eigenvalue weighted by Crippen LogP contribution is -2.32. The van der Waals surface area contributed by atoms with Gasteiger partial charge in [-0.25, -0.2) is 4.98 Å². The van der Waals surface area contributed by atoms with Crippen LogP contribution in [-0.2, 0) is 16.0 Å². The third kappa shape index (κ3) is 5.87. The number of phenols is 1. The summed E-state index contributed by atoms with van der Waals surface area (Å²) < 4.78 is 1.89. The summed E-state index contributed by atoms with van der Waals surface area (Å²) in [5, 5.41) is 30.1. The summed E-state index contributed by atoms with van der Waals surface area (Å²) in [4.78, 5) is 41.9. The number of Topliss-reactive ketones (excluding diaryl/α,β-unsaturated/α-hetero) is 3. The first-order valence-electron chi connectivity index (χ1n) is 12.5. The summed E-state index contributed by atoms with van der Waals surface area (Å²) in [6.07, 6.45) is 6.68. The first kappa shape index (κ1) is 26.4. The van der Waals surface area contributed by atoms with Crippen LogP contribution < -0.4 is 0 Å². The molecule has 3 N–H and O–H groups in total. The lowest BCUT2D eigenvalue weighted by Gasteiger charge is -2.31. The number of aromatic hydroxyl groups is 1. The Hall–Kier alpha value is -3.62. The molecule has 1 aliphatic rings. The van der Waals surface area contributed by atoms with Gasteiger partial charge in [-0.05, 0) is 79.5 Å². The van der Waals surface area contributed by atoms with Gasteiger partial charge in [-0.3, -0.25) is 14.4 Å². The van der Waals surface area contributed by atoms with Gasteiger partial charge >= 0.3 is 0 Å². The van der Waals surface area contributed by atoms with Gasteiger partial charge in [0.1, 0.15) is 23.1 Å². The normalized spacial score (nSPS) is 16.7. The Kier molecular flexibility index (Phi) is 8.31. The van der Waals surface area contributed by atoms with Crippen molar-refractivity contribution < 1.29 is 29.7 Å². The van der Waals surface area contributed by atoms with E-state index < -0.39 is 12.5 Å². The smallest absolute Gasteiger partial charge is 0.167 e. The lowest BCUT2D eigenvalue weighted by molar-refractivity contribution is -0.131. The van der Waals surface area contributed by atoms with Crippen molar-refractivity contribution in [2.24, 2.45) is 17.8 Å². The van der Waals surface area contributed by atoms with E-state index in [-0.39, 0.29) is 60.8 Å². The highest BCUT2D eigenvalue weighted by molar-refractivity contribution is 6.03. The number of benzene rings is 1. The second kappa shape index (κ2) is 11.6. The number of phenolic OH excluding ortho intramolecular Hbond substituents is 1. The minimum absolute atomic E-state index is 0.0594. The van der Waals surface area contributed by atoms with Crippen molar-refractivity contribution in [2.45, 2.75) is 39.0 Å². The van der Waals surface area contributed by atoms with Crippen molar-refractivity contribution in [3.05, 3.63) is 66.1 Å². The molecule has 194 valence electrons. The maximum atomic E-state index is 13.2. The first-order valence-corrected chi connectivity index (χ1v) is 12.5. The van der Waals surface area contributed by atoms with Crippen LogP contribution in [0.5, 0.6) is 5.75 Å². The molecule has 3 unspecified atom stereocenters. The molecule has 1 aromatic carbocycles. The summed E-state index contributed by atoms with van der Waals surface area (Å²) in [6, 6.07) is 11.0. The van der Waals surface area contributed by atoms with Crippen LogP contribution in [0.25, 0.3) is 16.9 Å². The number of carbonyl (C=O) groups is 3. The third-order valence-corrected chi connectivity index (χ3v) is 7.20. The van der Waals surface area contributed by atoms with E-state index in [1.807, 2.05) is 41.2 Å². The highest BCUT2D eigenvalue weighted by atomic mass is 16.3. The van der Waals surface area contributed by atoms with Crippen molar-refractivity contribution in [1.29, 1.82) is 0 Å². The molecule has 2 aromatic heterocycles. The van der Waals surface area contributed by atoms with Gasteiger partial charge in [-0.15, -0.1) is 0 Å². The molecule has 3 atom stereocenters. The van der Waals surface area contributed by atoms with Crippen LogP contribution >= 0.6 is 0 Å². The number of aliphatic hydroxyl groups excluding tert-OH is 2. The Bertz CT molecular complexity index is 1270. The van der Waals surface area contributed by atoms with Gasteiger partial charge in [-0.1, -0.05) is 6.07 Å². The van der Waals surface area contributed by atoms with E-state index in [0.717, 1.165) is 22.5 Å². The van der Waals surface area contributed by atoms with Crippen LogP contribution in [0.3, 0.4) is 0 Å². The Morgan fingerprint density at radius 1 is 1.11 bits per heavy atom. The second-order valence-electron chi connectivity index (χ2n) is 9.82. The molecule has 0 saturated carbocycles. The Balaban J connectivity index is 1.62. The minimum Gasteiger partial charge on any atom is -0.507 e. The molecule has 0 fully saturated rings. The van der Waals surface area contributed by atoms with E-state index in [2.05, 4.69) is 4.98 Å². The number of pyridine rings is 1. The van der Waals surface area contributed by atoms with Crippen LogP contribution in [0.1, 0.15) is 48.5 Å². The number of fused-ring (bicyclic) bond motifs is 1. The van der Waals surface area contributed by atoms with E-state index in [1.54, 1.807) is 12.3 Å². The molecule has 0 bridgehead atoms. The number of ketones is 3. The fourth-order valence-corrected chi connectivity index (χ4v) is 5.47. The quantitative estimate of drug-likeness (QED) is 0.341. The van der Waals surface area contributed by atoms with Crippen LogP contribution in [0.15, 0.2) is 55.0 Å². The van der Waals surface area contributed by atoms with Crippen molar-refractivity contribution in [1.82, 2.24) is 9.55 Å². The lowest BCUT2D eigenvalue weighted by atomic mass is 9.72. The number of aromatic nitrogens is 2. The summed E-state index contributed by atoms with van der Waals surface area (Å²) >= 11 is 0. The van der Waals surface area contributed by atoms with Crippen LogP contribution in [0.2, 0.25) is 0 Å². The van der Waals surface area contributed by atoms with E-state index >= 15 is 0 Å². The Morgan fingerprint density at radius 3 is 2.49 bits per heavy atom. The number of aliphatic hydroxyl groups is 2. The third-order valence-electron chi connectivity index (χ3n) is 7.20. The number of carbonyl (C=O) groups excluding carboxylic acids is 3. The van der Waals surface area contributed by atoms with E-state index in [4.69, 9.17) is 0 Å². The molecule has 0 aliphatic heterocycles. The summed E-state index contributed by atoms with van der Waals surface area (Å²) in [5.41, 5.74) is 2.67. The zero-order valence-electron chi connectivity index (χ0n) is 20.8. The highest BCUT2D eigenvalue weighted by Crippen LogP contribution is 2.41. The maximum Gasteiger partial charge on any atom is 0.167 e. The van der Waals surface area contributed by atoms with Gasteiger partial charge in [0.2, 0.25) is 0 Å². The molecular weight excluding hydrogens is 472 g/mol. The first-order chi connectivity index (χ1) is 17.8. The van der Waals surface area contributed by atoms with E-state index in [0.29, 0.717) is 18.4 Å². The molecule has 0 spiro atoms. The van der Waals surface area contributed by atoms with E-state index in [1.165, 1.54) is 13.0 Å². The molecular formula is C29H32N2O6. The zero-order valence-corrected chi connectivity index (χ0v) is 20.8. The van der Waals surface area contributed by atoms with Crippen LogP contribution in [0, 0.1) is 17.8 Å². The highest BCUT2D eigenvalue weighted by Gasteiger charge is 2.35. The fourth-order valence-electron chi connectivity index (χ4n) is 5.47. The van der Waals surface area contributed by atoms with Gasteiger partial charge in [0.05, 0.1) is 18.6 Å². The minimum atomic E-state index is -0.776. The average molecular weight is 505 g/mol. The molecule has 2 heterocycles. The summed E-state index contributed by atoms with van der Waals surface area (Å²) in [7, 11) is 0. The van der Waals surface area contributed by atoms with Gasteiger partial charge in [0, 0.05) is 43.1 Å². The van der Waals surface area contributed by atoms with E-state index in [9.17, 15) is 29.7 Å². The molecule has 0 radical (unpaired) electrons. The topological polar surface area (TPSA) is 130 Å². The number of rotatable bonds is 11. The van der Waals surface area contributed by atoms with Gasteiger partial charge in [-0.2, -0.15) is 0 Å². The largest absolute Gasteiger partial charge is 0.507 e. The monoisotopic (exact) mass is 504 g/mol. The SMILES string of the molecule is CC(=O)CC(=O)C(CO)C(CCO)CC1CC(=O)c2c(O)ccc(-c3ccc(-n4cccc4)nc3)c2C1. The van der Waals surface area contributed by atoms with Crippen LogP contribution in [-0.4, -0.2) is 55.4 Å². The maximum absolute atomic E-state index is 13.2. The standard InChI is InChI=1S/C29H32N2O6/c1-18(34)12-26(36)24(17-33)20(8-11-32)13-19-14-23-22(5-6-25(35)29(23)27(37)15-19)21-4-7-28(30-16-21)31-9-2-3-10-31/h2-7,9-10,16,19-20,24,32-33,35H,8,11-15,17H2,1H3. The number of hydrogen-bond donors (Lipinski definition) is 3. The number of nitrogens with zero attached hydrogens (tertiary/aromatic N) is 2. The molecule has 0 saturated heterocycles. The molecule has 3 aromatic rings. The average Bonchev–Trinajstić information content (AvgIpc) is 3.39. The van der Waals surface area contributed by atoms with Crippen molar-refractivity contribution in [2.75, 3.05) is 13.2 Å². The second-order valence-corrected chi connectivity index (χ2v) is 9.82. The van der Waals surface area contributed by atoms with Gasteiger partial charge in [0.25, 0.3) is 0 Å². The fraction of sp³-hybridized carbons (Fsp3) is 0.379. The molecule has 0 amide bonds. The molecule has 8 heteroatoms. The molecule has 37 heavy (non-hydrogen) atoms. The zero-order chi connectivity index (χ0) is 26.5. The predicted molar refractivity (Wildman–Crippen MR) is 137 cm³/mol.